The van der Waals surface area contributed by atoms with Gasteiger partial charge in [-0.15, -0.1) is 0 Å². The molecule has 0 spiro atoms. The summed E-state index contributed by atoms with van der Waals surface area (Å²) in [6, 6.07) is 0. The second kappa shape index (κ2) is 8.00. The predicted molar refractivity (Wildman–Crippen MR) is 115 cm³/mol. The van der Waals surface area contributed by atoms with E-state index in [0.717, 1.165) is 36.2 Å². The van der Waals surface area contributed by atoms with Gasteiger partial charge in [-0.05, 0) is 31.6 Å². The van der Waals surface area contributed by atoms with Crippen LogP contribution in [0.1, 0.15) is 89.8 Å². The molecule has 0 saturated heterocycles. The van der Waals surface area contributed by atoms with Gasteiger partial charge in [-0.2, -0.15) is 5.10 Å². The van der Waals surface area contributed by atoms with Gasteiger partial charge in [0.2, 0.25) is 0 Å². The molecule has 5 nitrogen and oxygen atoms in total. The van der Waals surface area contributed by atoms with E-state index in [4.69, 9.17) is 4.99 Å². The van der Waals surface area contributed by atoms with Crippen LogP contribution in [0.25, 0.3) is 0 Å². The molecule has 2 aliphatic rings. The zero-order valence-corrected chi connectivity index (χ0v) is 18.9. The number of ketones is 1. The standard InChI is InChI=1S/C23H38N4O/c1-15(2)13-27(14-17-11-9-8-10-12-17)22-16(3)20(28)19-18(24-22)21(23(4,5)6)25-26(19)7/h15-17H,8-14H2,1-7H3. The van der Waals surface area contributed by atoms with Crippen LogP contribution in [0.5, 0.6) is 0 Å². The van der Waals surface area contributed by atoms with E-state index in [2.05, 4.69) is 44.6 Å². The Morgan fingerprint density at radius 1 is 1.18 bits per heavy atom. The lowest BCUT2D eigenvalue weighted by atomic mass is 9.87. The van der Waals surface area contributed by atoms with Crippen LogP contribution >= 0.6 is 0 Å². The Bertz CT molecular complexity index is 747. The summed E-state index contributed by atoms with van der Waals surface area (Å²) < 4.78 is 1.74. The lowest BCUT2D eigenvalue weighted by Crippen LogP contribution is -2.44. The highest BCUT2D eigenvalue weighted by molar-refractivity contribution is 6.16. The summed E-state index contributed by atoms with van der Waals surface area (Å²) in [6.45, 7) is 14.9. The van der Waals surface area contributed by atoms with Gasteiger partial charge in [-0.1, -0.05) is 53.9 Å². The molecule has 1 aromatic rings. The SMILES string of the molecule is CC(C)CN(CC1CCCCC1)C1=Nc2c(C(C)(C)C)nn(C)c2C(=O)C1C. The molecule has 1 aliphatic heterocycles. The zero-order chi connectivity index (χ0) is 20.6. The highest BCUT2D eigenvalue weighted by Gasteiger charge is 2.38. The quantitative estimate of drug-likeness (QED) is 0.722. The first-order chi connectivity index (χ1) is 13.1. The van der Waals surface area contributed by atoms with Crippen molar-refractivity contribution >= 4 is 17.3 Å². The number of aliphatic imine (C=N–C) groups is 1. The van der Waals surface area contributed by atoms with E-state index < -0.39 is 0 Å². The number of aromatic nitrogens is 2. The molecule has 0 radical (unpaired) electrons. The number of aryl methyl sites for hydroxylation is 1. The first-order valence-electron chi connectivity index (χ1n) is 11.0. The molecular weight excluding hydrogens is 348 g/mol. The summed E-state index contributed by atoms with van der Waals surface area (Å²) in [5, 5.41) is 4.69. The number of hydrogen-bond donors (Lipinski definition) is 0. The van der Waals surface area contributed by atoms with Crippen LogP contribution < -0.4 is 0 Å². The fraction of sp³-hybridized carbons (Fsp3) is 0.783. The third kappa shape index (κ3) is 4.18. The van der Waals surface area contributed by atoms with Crippen molar-refractivity contribution in [3.05, 3.63) is 11.4 Å². The second-order valence-electron chi connectivity index (χ2n) is 10.3. The maximum atomic E-state index is 13.3. The molecule has 28 heavy (non-hydrogen) atoms. The van der Waals surface area contributed by atoms with E-state index in [0.29, 0.717) is 11.6 Å². The molecule has 1 atom stereocenters. The number of Topliss-reactive ketones (excluding diaryl/α,β-unsaturated/α-hetero) is 1. The minimum absolute atomic E-state index is 0.146. The highest BCUT2D eigenvalue weighted by atomic mass is 16.1. The van der Waals surface area contributed by atoms with Crippen LogP contribution in [0, 0.1) is 17.8 Å². The molecule has 1 unspecified atom stereocenters. The molecule has 0 bridgehead atoms. The van der Waals surface area contributed by atoms with Crippen molar-refractivity contribution in [1.29, 1.82) is 0 Å². The Morgan fingerprint density at radius 3 is 2.39 bits per heavy atom. The van der Waals surface area contributed by atoms with Gasteiger partial charge in [0.15, 0.2) is 5.78 Å². The van der Waals surface area contributed by atoms with E-state index in [-0.39, 0.29) is 17.1 Å². The zero-order valence-electron chi connectivity index (χ0n) is 18.9. The van der Waals surface area contributed by atoms with E-state index in [1.54, 1.807) is 4.68 Å². The third-order valence-corrected chi connectivity index (χ3v) is 6.09. The fourth-order valence-electron chi connectivity index (χ4n) is 4.66. The van der Waals surface area contributed by atoms with Crippen molar-refractivity contribution in [2.75, 3.05) is 13.1 Å². The third-order valence-electron chi connectivity index (χ3n) is 6.09. The van der Waals surface area contributed by atoms with Gasteiger partial charge in [0.05, 0.1) is 11.6 Å². The van der Waals surface area contributed by atoms with Crippen LogP contribution in [0.3, 0.4) is 0 Å². The molecule has 1 aromatic heterocycles. The van der Waals surface area contributed by atoms with Crippen molar-refractivity contribution in [2.45, 2.75) is 79.1 Å². The molecular formula is C23H38N4O. The largest absolute Gasteiger partial charge is 0.359 e. The maximum Gasteiger partial charge on any atom is 0.193 e. The number of amidine groups is 1. The molecule has 0 amide bonds. The highest BCUT2D eigenvalue weighted by Crippen LogP contribution is 2.38. The predicted octanol–water partition coefficient (Wildman–Crippen LogP) is 5.12. The summed E-state index contributed by atoms with van der Waals surface area (Å²) in [6.07, 6.45) is 6.64. The van der Waals surface area contributed by atoms with E-state index in [1.807, 2.05) is 14.0 Å². The molecule has 1 fully saturated rings. The van der Waals surface area contributed by atoms with Crippen molar-refractivity contribution in [3.8, 4) is 0 Å². The fourth-order valence-corrected chi connectivity index (χ4v) is 4.66. The number of nitrogens with zero attached hydrogens (tertiary/aromatic N) is 4. The topological polar surface area (TPSA) is 50.5 Å². The van der Waals surface area contributed by atoms with Crippen molar-refractivity contribution in [1.82, 2.24) is 14.7 Å². The monoisotopic (exact) mass is 386 g/mol. The van der Waals surface area contributed by atoms with Gasteiger partial charge in [-0.3, -0.25) is 9.48 Å². The number of hydrogen-bond acceptors (Lipinski definition) is 4. The Labute approximate surface area is 170 Å². The van der Waals surface area contributed by atoms with Gasteiger partial charge < -0.3 is 4.90 Å². The van der Waals surface area contributed by atoms with Gasteiger partial charge in [0, 0.05) is 25.6 Å². The molecule has 1 saturated carbocycles. The number of rotatable bonds is 4. The average molecular weight is 387 g/mol. The molecule has 0 N–H and O–H groups in total. The Hall–Kier alpha value is -1.65. The first kappa shape index (κ1) is 21.1. The van der Waals surface area contributed by atoms with Crippen molar-refractivity contribution in [3.63, 3.8) is 0 Å². The summed E-state index contributed by atoms with van der Waals surface area (Å²) >= 11 is 0. The average Bonchev–Trinajstić information content (AvgIpc) is 2.95. The molecule has 156 valence electrons. The molecule has 0 aromatic carbocycles. The lowest BCUT2D eigenvalue weighted by Gasteiger charge is -2.36. The Kier molecular flexibility index (Phi) is 6.02. The van der Waals surface area contributed by atoms with Crippen molar-refractivity contribution in [2.24, 2.45) is 29.8 Å². The van der Waals surface area contributed by atoms with Gasteiger partial charge >= 0.3 is 0 Å². The summed E-state index contributed by atoms with van der Waals surface area (Å²) in [4.78, 5) is 20.8. The number of carbonyl (C=O) groups is 1. The molecule has 1 aliphatic carbocycles. The second-order valence-corrected chi connectivity index (χ2v) is 10.3. The van der Waals surface area contributed by atoms with Gasteiger partial charge in [-0.25, -0.2) is 4.99 Å². The van der Waals surface area contributed by atoms with Gasteiger partial charge in [0.1, 0.15) is 17.2 Å². The smallest absolute Gasteiger partial charge is 0.193 e. The van der Waals surface area contributed by atoms with Gasteiger partial charge in [0.25, 0.3) is 0 Å². The minimum atomic E-state index is -0.210. The van der Waals surface area contributed by atoms with Crippen LogP contribution in [0.4, 0.5) is 5.69 Å². The first-order valence-corrected chi connectivity index (χ1v) is 11.0. The van der Waals surface area contributed by atoms with E-state index >= 15 is 0 Å². The van der Waals surface area contributed by atoms with Crippen LogP contribution in [-0.4, -0.2) is 39.4 Å². The van der Waals surface area contributed by atoms with E-state index in [9.17, 15) is 4.79 Å². The van der Waals surface area contributed by atoms with E-state index in [1.165, 1.54) is 32.1 Å². The maximum absolute atomic E-state index is 13.3. The van der Waals surface area contributed by atoms with Crippen LogP contribution in [-0.2, 0) is 12.5 Å². The summed E-state index contributed by atoms with van der Waals surface area (Å²) in [5.41, 5.74) is 2.24. The Morgan fingerprint density at radius 2 is 1.82 bits per heavy atom. The molecule has 3 rings (SSSR count). The van der Waals surface area contributed by atoms with Crippen LogP contribution in [0.15, 0.2) is 4.99 Å². The normalized spacial score (nSPS) is 21.1. The minimum Gasteiger partial charge on any atom is -0.359 e. The molecule has 2 heterocycles. The number of fused-ring (bicyclic) bond motifs is 1. The summed E-state index contributed by atoms with van der Waals surface area (Å²) in [5.74, 6) is 2.15. The summed E-state index contributed by atoms with van der Waals surface area (Å²) in [7, 11) is 1.87. The van der Waals surface area contributed by atoms with Crippen molar-refractivity contribution < 1.29 is 4.79 Å². The number of carbonyl (C=O) groups excluding carboxylic acids is 1. The lowest BCUT2D eigenvalue weighted by molar-refractivity contribution is 0.0941. The Balaban J connectivity index is 2.02. The molecule has 5 heteroatoms. The van der Waals surface area contributed by atoms with Crippen LogP contribution in [0.2, 0.25) is 0 Å².